The Bertz CT molecular complexity index is 1270. The summed E-state index contributed by atoms with van der Waals surface area (Å²) in [4.78, 5) is 25.4. The van der Waals surface area contributed by atoms with Crippen molar-refractivity contribution in [2.75, 3.05) is 18.1 Å². The molecule has 0 spiro atoms. The number of ether oxygens (including phenoxy) is 2. The maximum atomic E-state index is 14.1. The molecule has 2 aliphatic heterocycles. The van der Waals surface area contributed by atoms with Crippen molar-refractivity contribution < 1.29 is 19.4 Å². The number of hydrogen-bond donors (Lipinski definition) is 1. The molecule has 0 saturated carbocycles. The summed E-state index contributed by atoms with van der Waals surface area (Å²) in [5.74, 6) is 1.00. The standard InChI is InChI=1S/C27H27N3O4S/c1-3-13-27-24(34-25(29-27)19-9-11-21(12-10-19)33-15-6-14-31)22-7-4-5-8-23(22)30(26(27)32)16-20-17-35-18(2)28-20/h3-5,7-12,17,24,31H,1,6,13-16H2,2H3/t24-,27-/m1/s1. The maximum absolute atomic E-state index is 14.1. The number of para-hydroxylation sites is 1. The number of anilines is 1. The molecule has 1 N–H and O–H groups in total. The van der Waals surface area contributed by atoms with Crippen LogP contribution in [0.1, 0.15) is 40.8 Å². The van der Waals surface area contributed by atoms with Gasteiger partial charge in [0.05, 0.1) is 29.5 Å². The lowest BCUT2D eigenvalue weighted by molar-refractivity contribution is -0.127. The highest BCUT2D eigenvalue weighted by molar-refractivity contribution is 7.09. The maximum Gasteiger partial charge on any atom is 0.260 e. The van der Waals surface area contributed by atoms with Gasteiger partial charge in [0, 0.05) is 36.0 Å². The normalized spacial score (nSPS) is 20.6. The van der Waals surface area contributed by atoms with Crippen LogP contribution in [0.5, 0.6) is 5.75 Å². The zero-order valence-electron chi connectivity index (χ0n) is 19.5. The number of nitrogens with zero attached hydrogens (tertiary/aromatic N) is 3. The summed E-state index contributed by atoms with van der Waals surface area (Å²) in [6.07, 6.45) is 2.11. The molecule has 35 heavy (non-hydrogen) atoms. The van der Waals surface area contributed by atoms with Crippen molar-refractivity contribution in [3.8, 4) is 5.75 Å². The fourth-order valence-corrected chi connectivity index (χ4v) is 5.20. The zero-order chi connectivity index (χ0) is 24.4. The van der Waals surface area contributed by atoms with Crippen molar-refractivity contribution in [1.29, 1.82) is 0 Å². The van der Waals surface area contributed by atoms with Crippen LogP contribution in [-0.2, 0) is 16.1 Å². The predicted molar refractivity (Wildman–Crippen MR) is 136 cm³/mol. The molecule has 0 unspecified atom stereocenters. The number of rotatable bonds is 9. The van der Waals surface area contributed by atoms with Crippen molar-refractivity contribution in [1.82, 2.24) is 4.98 Å². The van der Waals surface area contributed by atoms with Crippen molar-refractivity contribution in [2.24, 2.45) is 4.99 Å². The number of aliphatic hydroxyl groups excluding tert-OH is 1. The van der Waals surface area contributed by atoms with E-state index in [9.17, 15) is 4.79 Å². The minimum atomic E-state index is -1.13. The van der Waals surface area contributed by atoms with Crippen LogP contribution in [0, 0.1) is 6.92 Å². The molecule has 0 radical (unpaired) electrons. The van der Waals surface area contributed by atoms with E-state index in [-0.39, 0.29) is 12.5 Å². The third kappa shape index (κ3) is 4.24. The first kappa shape index (κ1) is 23.3. The average molecular weight is 490 g/mol. The highest BCUT2D eigenvalue weighted by Gasteiger charge is 2.58. The molecule has 0 fully saturated rings. The number of hydrogen-bond acceptors (Lipinski definition) is 7. The number of fused-ring (bicyclic) bond motifs is 3. The van der Waals surface area contributed by atoms with E-state index in [1.54, 1.807) is 22.3 Å². The van der Waals surface area contributed by atoms with Gasteiger partial charge in [0.25, 0.3) is 5.91 Å². The van der Waals surface area contributed by atoms with Gasteiger partial charge in [-0.25, -0.2) is 9.98 Å². The molecule has 3 heterocycles. The molecule has 0 saturated heterocycles. The van der Waals surface area contributed by atoms with Crippen molar-refractivity contribution in [2.45, 2.75) is 38.0 Å². The van der Waals surface area contributed by atoms with Gasteiger partial charge in [-0.05, 0) is 37.3 Å². The molecule has 1 aromatic heterocycles. The second kappa shape index (κ2) is 9.64. The van der Waals surface area contributed by atoms with Crippen LogP contribution in [0.3, 0.4) is 0 Å². The Balaban J connectivity index is 1.52. The highest BCUT2D eigenvalue weighted by atomic mass is 32.1. The molecular weight excluding hydrogens is 462 g/mol. The van der Waals surface area contributed by atoms with Crippen molar-refractivity contribution in [3.63, 3.8) is 0 Å². The summed E-state index contributed by atoms with van der Waals surface area (Å²) in [5.41, 5.74) is 2.22. The van der Waals surface area contributed by atoms with Gasteiger partial charge < -0.3 is 19.5 Å². The van der Waals surface area contributed by atoms with Gasteiger partial charge in [0.1, 0.15) is 5.75 Å². The number of thiazole rings is 1. The lowest BCUT2D eigenvalue weighted by Gasteiger charge is -2.41. The third-order valence-electron chi connectivity index (χ3n) is 6.20. The number of carbonyl (C=O) groups is 1. The van der Waals surface area contributed by atoms with Crippen LogP contribution in [0.25, 0.3) is 0 Å². The summed E-state index contributed by atoms with van der Waals surface area (Å²) in [5, 5.41) is 11.9. The Morgan fingerprint density at radius 3 is 2.77 bits per heavy atom. The van der Waals surface area contributed by atoms with E-state index in [1.165, 1.54) is 0 Å². The minimum Gasteiger partial charge on any atom is -0.494 e. The first-order chi connectivity index (χ1) is 17.1. The average Bonchev–Trinajstić information content (AvgIpc) is 3.47. The Kier molecular flexibility index (Phi) is 6.40. The van der Waals surface area contributed by atoms with E-state index in [0.29, 0.717) is 37.6 Å². The second-order valence-electron chi connectivity index (χ2n) is 8.59. The van der Waals surface area contributed by atoms with Gasteiger partial charge in [0.15, 0.2) is 11.6 Å². The molecule has 3 aromatic rings. The van der Waals surface area contributed by atoms with Crippen LogP contribution in [0.2, 0.25) is 0 Å². The van der Waals surface area contributed by atoms with Crippen molar-refractivity contribution >= 4 is 28.8 Å². The fourth-order valence-electron chi connectivity index (χ4n) is 4.59. The third-order valence-corrected chi connectivity index (χ3v) is 7.03. The Labute approximate surface area is 208 Å². The largest absolute Gasteiger partial charge is 0.494 e. The SMILES string of the molecule is C=CC[C@@]12N=C(c3ccc(OCCCO)cc3)O[C@@H]1c1ccccc1N(Cc1csc(C)n1)C2=O. The molecule has 0 bridgehead atoms. The topological polar surface area (TPSA) is 84.2 Å². The highest BCUT2D eigenvalue weighted by Crippen LogP contribution is 2.50. The fraction of sp³-hybridized carbons (Fsp3) is 0.296. The summed E-state index contributed by atoms with van der Waals surface area (Å²) < 4.78 is 12.0. The van der Waals surface area contributed by atoms with E-state index < -0.39 is 11.6 Å². The van der Waals surface area contributed by atoms with E-state index in [4.69, 9.17) is 19.6 Å². The lowest BCUT2D eigenvalue weighted by atomic mass is 9.80. The van der Waals surface area contributed by atoms with Crippen LogP contribution in [0.4, 0.5) is 5.69 Å². The molecule has 1 amide bonds. The molecule has 8 heteroatoms. The van der Waals surface area contributed by atoms with Crippen LogP contribution >= 0.6 is 11.3 Å². The first-order valence-corrected chi connectivity index (χ1v) is 12.5. The lowest BCUT2D eigenvalue weighted by Crippen LogP contribution is -2.53. The molecule has 7 nitrogen and oxygen atoms in total. The molecule has 2 aliphatic rings. The second-order valence-corrected chi connectivity index (χ2v) is 9.65. The van der Waals surface area contributed by atoms with Gasteiger partial charge in [0.2, 0.25) is 5.90 Å². The number of amides is 1. The van der Waals surface area contributed by atoms with Crippen molar-refractivity contribution in [3.05, 3.63) is 88.4 Å². The van der Waals surface area contributed by atoms with Crippen LogP contribution in [-0.4, -0.2) is 40.6 Å². The summed E-state index contributed by atoms with van der Waals surface area (Å²) in [6.45, 7) is 6.78. The summed E-state index contributed by atoms with van der Waals surface area (Å²) in [7, 11) is 0. The molecule has 5 rings (SSSR count). The van der Waals surface area contributed by atoms with E-state index in [1.807, 2.05) is 60.8 Å². The number of aromatic nitrogens is 1. The number of carbonyl (C=O) groups excluding carboxylic acids is 1. The minimum absolute atomic E-state index is 0.0874. The summed E-state index contributed by atoms with van der Waals surface area (Å²) >= 11 is 1.57. The van der Waals surface area contributed by atoms with Gasteiger partial charge in [-0.2, -0.15) is 0 Å². The molecule has 180 valence electrons. The van der Waals surface area contributed by atoms with Gasteiger partial charge in [-0.15, -0.1) is 17.9 Å². The smallest absolute Gasteiger partial charge is 0.260 e. The molecule has 2 aromatic carbocycles. The Morgan fingerprint density at radius 1 is 1.26 bits per heavy atom. The van der Waals surface area contributed by atoms with E-state index in [2.05, 4.69) is 11.6 Å². The Morgan fingerprint density at radius 2 is 2.06 bits per heavy atom. The van der Waals surface area contributed by atoms with Gasteiger partial charge in [-0.1, -0.05) is 24.3 Å². The summed E-state index contributed by atoms with van der Waals surface area (Å²) in [6, 6.07) is 15.3. The molecule has 0 aliphatic carbocycles. The molecule has 2 atom stereocenters. The van der Waals surface area contributed by atoms with E-state index >= 15 is 0 Å². The number of benzene rings is 2. The Hall–Kier alpha value is -3.49. The predicted octanol–water partition coefficient (Wildman–Crippen LogP) is 4.59. The van der Waals surface area contributed by atoms with Crippen LogP contribution in [0.15, 0.2) is 71.6 Å². The number of aliphatic hydroxyl groups is 1. The number of aryl methyl sites for hydroxylation is 1. The number of aliphatic imine (C=N–C) groups is 1. The van der Waals surface area contributed by atoms with Gasteiger partial charge in [-0.3, -0.25) is 4.79 Å². The first-order valence-electron chi connectivity index (χ1n) is 11.6. The quantitative estimate of drug-likeness (QED) is 0.351. The monoisotopic (exact) mass is 489 g/mol. The molecular formula is C27H27N3O4S. The van der Waals surface area contributed by atoms with E-state index in [0.717, 1.165) is 27.5 Å². The van der Waals surface area contributed by atoms with Gasteiger partial charge >= 0.3 is 0 Å². The zero-order valence-corrected chi connectivity index (χ0v) is 20.3. The van der Waals surface area contributed by atoms with Crippen LogP contribution < -0.4 is 9.64 Å².